The maximum Gasteiger partial charge on any atom is 0.135 e. The number of para-hydroxylation sites is 3. The number of fused-ring (bicyclic) bond motifs is 9. The van der Waals surface area contributed by atoms with Crippen LogP contribution in [-0.2, 0) is 6.42 Å². The number of benzene rings is 6. The fourth-order valence-corrected chi connectivity index (χ4v) is 9.91. The second-order valence-electron chi connectivity index (χ2n) is 14.0. The molecule has 0 amide bonds. The van der Waals surface area contributed by atoms with Gasteiger partial charge in [0.05, 0.1) is 11.7 Å². The molecule has 11 rings (SSSR count). The third-order valence-electron chi connectivity index (χ3n) is 11.1. The van der Waals surface area contributed by atoms with Crippen molar-refractivity contribution in [1.29, 1.82) is 0 Å². The van der Waals surface area contributed by atoms with E-state index in [9.17, 15) is 0 Å². The van der Waals surface area contributed by atoms with E-state index in [1.807, 2.05) is 11.3 Å². The highest BCUT2D eigenvalue weighted by atomic mass is 32.1. The number of hydrogen-bond acceptors (Lipinski definition) is 4. The molecule has 0 N–H and O–H groups in total. The summed E-state index contributed by atoms with van der Waals surface area (Å²) in [5.74, 6) is 1.29. The van der Waals surface area contributed by atoms with E-state index in [0.717, 1.165) is 29.9 Å². The fraction of sp³-hybridized carbons (Fsp3) is 0.0833. The normalized spacial score (nSPS) is 17.6. The van der Waals surface area contributed by atoms with Crippen LogP contribution in [0.15, 0.2) is 174 Å². The summed E-state index contributed by atoms with van der Waals surface area (Å²) < 4.78 is 9.07. The van der Waals surface area contributed by atoms with Gasteiger partial charge in [-0.2, -0.15) is 0 Å². The standard InChI is InChI=1S/C48H34N2OS/c1-2-11-33(12-3-1)50-41-16-7-4-13-36(41)37-27-23-32(29-43(37)50)31-21-24-34(25-22-31)49(35-26-28-39-38-14-5-8-18-44(38)51-45(39)30-35)42-17-10-20-47-48(42)40-15-6-9-19-46(40)52-47/h1-25,27,29-30,37,43H,26,28H2. The zero-order valence-electron chi connectivity index (χ0n) is 28.4. The van der Waals surface area contributed by atoms with Gasteiger partial charge in [0.1, 0.15) is 11.3 Å². The molecule has 3 aliphatic rings. The summed E-state index contributed by atoms with van der Waals surface area (Å²) in [6, 6.07) is 53.1. The Morgan fingerprint density at radius 2 is 1.44 bits per heavy atom. The van der Waals surface area contributed by atoms with Crippen molar-refractivity contribution in [2.24, 2.45) is 0 Å². The molecule has 0 saturated carbocycles. The smallest absolute Gasteiger partial charge is 0.135 e. The van der Waals surface area contributed by atoms with Crippen LogP contribution in [0.3, 0.4) is 0 Å². The van der Waals surface area contributed by atoms with Gasteiger partial charge in [0, 0.05) is 65.9 Å². The minimum Gasteiger partial charge on any atom is -0.456 e. The number of furan rings is 1. The van der Waals surface area contributed by atoms with Gasteiger partial charge in [0.2, 0.25) is 0 Å². The van der Waals surface area contributed by atoms with Crippen molar-refractivity contribution in [2.45, 2.75) is 24.8 Å². The van der Waals surface area contributed by atoms with E-state index >= 15 is 0 Å². The first kappa shape index (κ1) is 29.6. The van der Waals surface area contributed by atoms with E-state index in [1.165, 1.54) is 70.6 Å². The Bertz CT molecular complexity index is 2770. The summed E-state index contributed by atoms with van der Waals surface area (Å²) in [5, 5.41) is 3.82. The lowest BCUT2D eigenvalue weighted by atomic mass is 9.87. The first-order chi connectivity index (χ1) is 25.8. The number of hydrogen-bond donors (Lipinski definition) is 0. The van der Waals surface area contributed by atoms with Gasteiger partial charge in [0.15, 0.2) is 0 Å². The van der Waals surface area contributed by atoms with Crippen LogP contribution < -0.4 is 9.80 Å². The summed E-state index contributed by atoms with van der Waals surface area (Å²) in [6.45, 7) is 0. The molecule has 0 fully saturated rings. The molecule has 4 heteroatoms. The van der Waals surface area contributed by atoms with Crippen LogP contribution in [0.2, 0.25) is 0 Å². The maximum atomic E-state index is 6.46. The number of anilines is 4. The summed E-state index contributed by atoms with van der Waals surface area (Å²) >= 11 is 1.87. The van der Waals surface area contributed by atoms with Crippen molar-refractivity contribution in [3.63, 3.8) is 0 Å². The molecule has 2 aromatic heterocycles. The van der Waals surface area contributed by atoms with E-state index in [4.69, 9.17) is 4.42 Å². The second kappa shape index (κ2) is 11.7. The molecule has 8 aromatic rings. The third-order valence-corrected chi connectivity index (χ3v) is 12.3. The monoisotopic (exact) mass is 686 g/mol. The van der Waals surface area contributed by atoms with Gasteiger partial charge >= 0.3 is 0 Å². The lowest BCUT2D eigenvalue weighted by molar-refractivity contribution is 0.593. The van der Waals surface area contributed by atoms with Crippen molar-refractivity contribution in [1.82, 2.24) is 0 Å². The van der Waals surface area contributed by atoms with Crippen LogP contribution >= 0.6 is 11.3 Å². The average molecular weight is 687 g/mol. The first-order valence-corrected chi connectivity index (χ1v) is 19.0. The van der Waals surface area contributed by atoms with Crippen molar-refractivity contribution < 1.29 is 4.42 Å². The van der Waals surface area contributed by atoms with Crippen LogP contribution in [0, 0.1) is 0 Å². The molecule has 0 saturated heterocycles. The molecule has 2 atom stereocenters. The van der Waals surface area contributed by atoms with Gasteiger partial charge < -0.3 is 14.2 Å². The van der Waals surface area contributed by atoms with Gasteiger partial charge in [-0.15, -0.1) is 11.3 Å². The first-order valence-electron chi connectivity index (χ1n) is 18.1. The van der Waals surface area contributed by atoms with E-state index in [-0.39, 0.29) is 6.04 Å². The van der Waals surface area contributed by atoms with E-state index in [2.05, 4.69) is 180 Å². The highest BCUT2D eigenvalue weighted by molar-refractivity contribution is 7.26. The molecule has 0 spiro atoms. The quantitative estimate of drug-likeness (QED) is 0.180. The molecular formula is C48H34N2OS. The largest absolute Gasteiger partial charge is 0.456 e. The zero-order valence-corrected chi connectivity index (χ0v) is 29.3. The molecule has 52 heavy (non-hydrogen) atoms. The van der Waals surface area contributed by atoms with Gasteiger partial charge in [-0.05, 0) is 84.1 Å². The van der Waals surface area contributed by atoms with Gasteiger partial charge in [-0.1, -0.05) is 109 Å². The van der Waals surface area contributed by atoms with Crippen molar-refractivity contribution in [3.8, 4) is 0 Å². The highest BCUT2D eigenvalue weighted by Gasteiger charge is 2.38. The predicted molar refractivity (Wildman–Crippen MR) is 219 cm³/mol. The summed E-state index contributed by atoms with van der Waals surface area (Å²) in [6.07, 6.45) is 11.3. The van der Waals surface area contributed by atoms with Gasteiger partial charge in [-0.25, -0.2) is 0 Å². The van der Waals surface area contributed by atoms with Crippen molar-refractivity contribution in [3.05, 3.63) is 192 Å². The van der Waals surface area contributed by atoms with Gasteiger partial charge in [0.25, 0.3) is 0 Å². The Kier molecular flexibility index (Phi) is 6.68. The highest BCUT2D eigenvalue weighted by Crippen LogP contribution is 2.50. The number of thiophene rings is 1. The van der Waals surface area contributed by atoms with E-state index < -0.39 is 0 Å². The fourth-order valence-electron chi connectivity index (χ4n) is 8.78. The molecule has 3 heterocycles. The topological polar surface area (TPSA) is 19.6 Å². The molecule has 1 aliphatic heterocycles. The minimum atomic E-state index is 0.214. The summed E-state index contributed by atoms with van der Waals surface area (Å²) in [4.78, 5) is 4.99. The Morgan fingerprint density at radius 3 is 2.35 bits per heavy atom. The summed E-state index contributed by atoms with van der Waals surface area (Å²) in [7, 11) is 0. The number of rotatable bonds is 5. The Morgan fingerprint density at radius 1 is 0.673 bits per heavy atom. The van der Waals surface area contributed by atoms with Crippen molar-refractivity contribution >= 4 is 76.9 Å². The number of nitrogens with zero attached hydrogens (tertiary/aromatic N) is 2. The molecule has 2 unspecified atom stereocenters. The minimum absolute atomic E-state index is 0.214. The van der Waals surface area contributed by atoms with Crippen LogP contribution in [0.1, 0.15) is 34.8 Å². The number of aryl methyl sites for hydroxylation is 1. The number of allylic oxidation sites excluding steroid dienone is 3. The molecule has 0 radical (unpaired) electrons. The van der Waals surface area contributed by atoms with Crippen molar-refractivity contribution in [2.75, 3.05) is 9.80 Å². The molecule has 0 bridgehead atoms. The SMILES string of the molecule is C1=CC2c3ccccc3N(c3ccccc3)C2C=C1c1ccc(N(C2=Cc3oc4ccccc4c3CC2)c2cccc3sc4ccccc4c23)cc1. The predicted octanol–water partition coefficient (Wildman–Crippen LogP) is 13.2. The molecule has 6 aromatic carbocycles. The maximum absolute atomic E-state index is 6.46. The Labute approximate surface area is 306 Å². The van der Waals surface area contributed by atoms with Crippen LogP contribution in [0.4, 0.5) is 22.7 Å². The van der Waals surface area contributed by atoms with Gasteiger partial charge in [-0.3, -0.25) is 0 Å². The molecular weight excluding hydrogens is 653 g/mol. The molecule has 3 nitrogen and oxygen atoms in total. The average Bonchev–Trinajstić information content (AvgIpc) is 3.88. The van der Waals surface area contributed by atoms with Crippen LogP contribution in [-0.4, -0.2) is 6.04 Å². The lowest BCUT2D eigenvalue weighted by Crippen LogP contribution is -2.29. The Hall–Kier alpha value is -6.10. The second-order valence-corrected chi connectivity index (χ2v) is 15.1. The lowest BCUT2D eigenvalue weighted by Gasteiger charge is -2.31. The zero-order chi connectivity index (χ0) is 34.2. The van der Waals surface area contributed by atoms with E-state index in [1.54, 1.807) is 0 Å². The van der Waals surface area contributed by atoms with Crippen LogP contribution in [0.25, 0.3) is 42.8 Å². The molecule has 248 valence electrons. The van der Waals surface area contributed by atoms with E-state index in [0.29, 0.717) is 5.92 Å². The molecule has 2 aliphatic carbocycles. The van der Waals surface area contributed by atoms with Crippen LogP contribution in [0.5, 0.6) is 0 Å². The Balaban J connectivity index is 1.02. The third kappa shape index (κ3) is 4.57. The summed E-state index contributed by atoms with van der Waals surface area (Å²) in [5.41, 5.74) is 12.2.